The summed E-state index contributed by atoms with van der Waals surface area (Å²) in [6.45, 7) is 1.34. The smallest absolute Gasteiger partial charge is 0.549 e. The van der Waals surface area contributed by atoms with Crippen molar-refractivity contribution in [2.45, 2.75) is 12.3 Å². The normalized spacial score (nSPS) is 11.7. The van der Waals surface area contributed by atoms with Crippen LogP contribution in [0.2, 0.25) is 0 Å². The van der Waals surface area contributed by atoms with Crippen molar-refractivity contribution in [1.82, 2.24) is 0 Å². The van der Waals surface area contributed by atoms with Crippen molar-refractivity contribution in [1.29, 1.82) is 0 Å². The molecule has 0 amide bonds. The van der Waals surface area contributed by atoms with Crippen LogP contribution in [0.3, 0.4) is 0 Å². The van der Waals surface area contributed by atoms with Crippen molar-refractivity contribution >= 4 is 17.6 Å². The SMILES string of the molecule is CC(Cl)C(=O)[O-].[Cu+2]. The van der Waals surface area contributed by atoms with E-state index in [0.29, 0.717) is 0 Å². The van der Waals surface area contributed by atoms with Crippen LogP contribution < -0.4 is 5.11 Å². The number of halogens is 1. The van der Waals surface area contributed by atoms with Gasteiger partial charge in [0.2, 0.25) is 0 Å². The molecule has 1 radical (unpaired) electrons. The van der Waals surface area contributed by atoms with Gasteiger partial charge in [-0.1, -0.05) is 0 Å². The number of hydrogen-bond donors (Lipinski definition) is 0. The molecule has 0 aliphatic carbocycles. The van der Waals surface area contributed by atoms with Gasteiger partial charge in [0.1, 0.15) is 0 Å². The number of carbonyl (C=O) groups is 1. The summed E-state index contributed by atoms with van der Waals surface area (Å²) in [5.74, 6) is -1.23. The maximum absolute atomic E-state index is 9.46. The van der Waals surface area contributed by atoms with E-state index in [9.17, 15) is 9.90 Å². The Morgan fingerprint density at radius 2 is 2.00 bits per heavy atom. The number of carboxylic acids is 1. The van der Waals surface area contributed by atoms with Crippen LogP contribution in [-0.2, 0) is 21.9 Å². The van der Waals surface area contributed by atoms with Gasteiger partial charge in [0, 0.05) is 0 Å². The molecule has 45 valence electrons. The fraction of sp³-hybridized carbons (Fsp3) is 0.667. The first-order valence-electron chi connectivity index (χ1n) is 1.49. The maximum atomic E-state index is 9.46. The predicted molar refractivity (Wildman–Crippen MR) is 20.3 cm³/mol. The molecule has 0 saturated heterocycles. The zero-order valence-electron chi connectivity index (χ0n) is 3.57. The molecule has 4 heteroatoms. The molecule has 0 fully saturated rings. The molecule has 0 aliphatic heterocycles. The molecule has 0 spiro atoms. The van der Waals surface area contributed by atoms with Crippen LogP contribution in [0.15, 0.2) is 0 Å². The molecule has 0 bridgehead atoms. The van der Waals surface area contributed by atoms with E-state index in [4.69, 9.17) is 11.6 Å². The number of carboxylic acid groups (broad SMARTS) is 1. The van der Waals surface area contributed by atoms with E-state index in [1.807, 2.05) is 0 Å². The molecule has 0 aromatic heterocycles. The van der Waals surface area contributed by atoms with Crippen molar-refractivity contribution < 1.29 is 27.0 Å². The van der Waals surface area contributed by atoms with Gasteiger partial charge in [0.25, 0.3) is 0 Å². The van der Waals surface area contributed by atoms with E-state index in [2.05, 4.69) is 0 Å². The van der Waals surface area contributed by atoms with E-state index in [1.54, 1.807) is 0 Å². The minimum absolute atomic E-state index is 0. The molecule has 0 aromatic rings. The zero-order chi connectivity index (χ0) is 5.15. The van der Waals surface area contributed by atoms with E-state index in [1.165, 1.54) is 6.92 Å². The summed E-state index contributed by atoms with van der Waals surface area (Å²) in [6, 6.07) is 0. The van der Waals surface area contributed by atoms with E-state index in [-0.39, 0.29) is 17.1 Å². The molecule has 0 heterocycles. The largest absolute Gasteiger partial charge is 2.00 e. The van der Waals surface area contributed by atoms with Crippen LogP contribution in [0.25, 0.3) is 0 Å². The molecule has 1 unspecified atom stereocenters. The average Bonchev–Trinajstić information content (AvgIpc) is 1.36. The third-order valence-corrected chi connectivity index (χ3v) is 0.503. The molecule has 0 aliphatic rings. The Morgan fingerprint density at radius 1 is 1.86 bits per heavy atom. The average molecular weight is 171 g/mol. The Balaban J connectivity index is 0. The van der Waals surface area contributed by atoms with Crippen LogP contribution in [0.5, 0.6) is 0 Å². The third kappa shape index (κ3) is 6.28. The summed E-state index contributed by atoms with van der Waals surface area (Å²) >= 11 is 4.95. The molecular weight excluding hydrogens is 167 g/mol. The monoisotopic (exact) mass is 170 g/mol. The summed E-state index contributed by atoms with van der Waals surface area (Å²) in [5.41, 5.74) is 0. The summed E-state index contributed by atoms with van der Waals surface area (Å²) in [7, 11) is 0. The second-order valence-electron chi connectivity index (χ2n) is 0.935. The molecule has 0 rings (SSSR count). The van der Waals surface area contributed by atoms with Crippen molar-refractivity contribution in [3.63, 3.8) is 0 Å². The predicted octanol–water partition coefficient (Wildman–Crippen LogP) is -0.639. The minimum atomic E-state index is -1.23. The number of alkyl halides is 1. The first-order chi connectivity index (χ1) is 2.64. The minimum Gasteiger partial charge on any atom is -0.549 e. The van der Waals surface area contributed by atoms with E-state index in [0.717, 1.165) is 0 Å². The molecule has 1 atom stereocenters. The Labute approximate surface area is 57.3 Å². The molecule has 7 heavy (non-hydrogen) atoms. The van der Waals surface area contributed by atoms with Gasteiger partial charge in [0.05, 0.1) is 11.3 Å². The number of aliphatic carboxylic acids is 1. The van der Waals surface area contributed by atoms with Gasteiger partial charge in [-0.15, -0.1) is 11.6 Å². The van der Waals surface area contributed by atoms with Gasteiger partial charge in [-0.2, -0.15) is 0 Å². The quantitative estimate of drug-likeness (QED) is 0.389. The standard InChI is InChI=1S/C3H5ClO2.Cu/c1-2(4)3(5)6;/h2H,1H3,(H,5,6);/q;+2/p-1. The molecule has 0 saturated carbocycles. The summed E-state index contributed by atoms with van der Waals surface area (Å²) < 4.78 is 0. The Bertz CT molecular complexity index is 64.0. The van der Waals surface area contributed by atoms with Crippen molar-refractivity contribution in [3.05, 3.63) is 0 Å². The van der Waals surface area contributed by atoms with Crippen LogP contribution in [0.4, 0.5) is 0 Å². The maximum Gasteiger partial charge on any atom is 2.00 e. The zero-order valence-corrected chi connectivity index (χ0v) is 5.27. The van der Waals surface area contributed by atoms with E-state index >= 15 is 0 Å². The molecule has 0 aromatic carbocycles. The van der Waals surface area contributed by atoms with Gasteiger partial charge in [0.15, 0.2) is 0 Å². The first-order valence-corrected chi connectivity index (χ1v) is 1.93. The van der Waals surface area contributed by atoms with Crippen LogP contribution >= 0.6 is 11.6 Å². The van der Waals surface area contributed by atoms with Crippen molar-refractivity contribution in [2.75, 3.05) is 0 Å². The summed E-state index contributed by atoms with van der Waals surface area (Å²) in [4.78, 5) is 9.46. The number of carbonyl (C=O) groups excluding carboxylic acids is 1. The summed E-state index contributed by atoms with van der Waals surface area (Å²) in [5, 5.41) is 8.59. The third-order valence-electron chi connectivity index (χ3n) is 0.325. The molecule has 0 N–H and O–H groups in total. The Hall–Kier alpha value is 0.279. The fourth-order valence-corrected chi connectivity index (χ4v) is 0. The first kappa shape index (κ1) is 10.3. The van der Waals surface area contributed by atoms with Gasteiger partial charge in [-0.25, -0.2) is 0 Å². The number of rotatable bonds is 1. The van der Waals surface area contributed by atoms with E-state index < -0.39 is 11.3 Å². The topological polar surface area (TPSA) is 40.1 Å². The molecule has 2 nitrogen and oxygen atoms in total. The van der Waals surface area contributed by atoms with Gasteiger partial charge < -0.3 is 9.90 Å². The second kappa shape index (κ2) is 4.44. The Kier molecular flexibility index (Phi) is 6.53. The van der Waals surface area contributed by atoms with Gasteiger partial charge >= 0.3 is 17.1 Å². The van der Waals surface area contributed by atoms with Crippen LogP contribution in [-0.4, -0.2) is 11.3 Å². The number of hydrogen-bond acceptors (Lipinski definition) is 2. The van der Waals surface area contributed by atoms with Crippen molar-refractivity contribution in [2.24, 2.45) is 0 Å². The van der Waals surface area contributed by atoms with Crippen molar-refractivity contribution in [3.8, 4) is 0 Å². The van der Waals surface area contributed by atoms with Crippen LogP contribution in [0, 0.1) is 0 Å². The molecular formula is C3H4ClCuO2+. The van der Waals surface area contributed by atoms with Gasteiger partial charge in [-0.3, -0.25) is 0 Å². The van der Waals surface area contributed by atoms with Gasteiger partial charge in [-0.05, 0) is 6.92 Å². The van der Waals surface area contributed by atoms with Crippen LogP contribution in [0.1, 0.15) is 6.92 Å². The fourth-order valence-electron chi connectivity index (χ4n) is 0. The second-order valence-corrected chi connectivity index (χ2v) is 1.59. The Morgan fingerprint density at radius 3 is 2.00 bits per heavy atom. The summed E-state index contributed by atoms with van der Waals surface area (Å²) in [6.07, 6.45) is 0.